The van der Waals surface area contributed by atoms with E-state index in [9.17, 15) is 14.7 Å². The van der Waals surface area contributed by atoms with Gasteiger partial charge in [-0.25, -0.2) is 4.79 Å². The zero-order valence-electron chi connectivity index (χ0n) is 10.9. The first-order valence-corrected chi connectivity index (χ1v) is 10.7. The fourth-order valence-corrected chi connectivity index (χ4v) is 3.59. The lowest BCUT2D eigenvalue weighted by atomic mass is 10.2. The van der Waals surface area contributed by atoms with Crippen molar-refractivity contribution >= 4 is 25.4 Å². The summed E-state index contributed by atoms with van der Waals surface area (Å²) in [6.45, 7) is 0.304. The summed E-state index contributed by atoms with van der Waals surface area (Å²) in [7, 11) is 5.00. The molecule has 112 valence electrons. The van der Waals surface area contributed by atoms with Crippen LogP contribution in [0.1, 0.15) is 12.6 Å². The lowest BCUT2D eigenvalue weighted by Crippen LogP contribution is -2.38. The third-order valence-corrected chi connectivity index (χ3v) is 5.39. The first kappa shape index (κ1) is 16.2. The molecule has 1 N–H and O–H groups in total. The summed E-state index contributed by atoms with van der Waals surface area (Å²) in [5, 5.41) is 9.95. The summed E-state index contributed by atoms with van der Waals surface area (Å²) in [6.07, 6.45) is 0.00893. The molecule has 1 saturated heterocycles. The van der Waals surface area contributed by atoms with Gasteiger partial charge in [-0.05, 0) is 0 Å². The smallest absolute Gasteiger partial charge is 0.332 e. The Morgan fingerprint density at radius 2 is 2.35 bits per heavy atom. The van der Waals surface area contributed by atoms with Crippen molar-refractivity contribution in [1.82, 2.24) is 9.13 Å². The van der Waals surface area contributed by atoms with Crippen LogP contribution in [0.5, 0.6) is 0 Å². The molecule has 20 heavy (non-hydrogen) atoms. The van der Waals surface area contributed by atoms with E-state index in [4.69, 9.17) is 9.26 Å². The minimum atomic E-state index is -0.679. The molecule has 0 amide bonds. The van der Waals surface area contributed by atoms with Gasteiger partial charge in [-0.3, -0.25) is 13.9 Å². The molecule has 1 aromatic rings. The van der Waals surface area contributed by atoms with Gasteiger partial charge in [0.1, 0.15) is 12.3 Å². The van der Waals surface area contributed by atoms with Crippen molar-refractivity contribution in [2.24, 2.45) is 7.05 Å². The highest BCUT2D eigenvalue weighted by Crippen LogP contribution is 2.44. The van der Waals surface area contributed by atoms with Crippen molar-refractivity contribution in [3.63, 3.8) is 0 Å². The monoisotopic (exact) mass is 338 g/mol. The normalized spacial score (nSPS) is 27.2. The average Bonchev–Trinajstić information content (AvgIpc) is 2.78. The van der Waals surface area contributed by atoms with Gasteiger partial charge in [-0.2, -0.15) is 0 Å². The Labute approximate surface area is 121 Å². The van der Waals surface area contributed by atoms with E-state index in [0.717, 1.165) is 4.57 Å². The van der Waals surface area contributed by atoms with Crippen LogP contribution in [0.15, 0.2) is 21.9 Å². The molecule has 3 unspecified atom stereocenters. The van der Waals surface area contributed by atoms with E-state index < -0.39 is 24.1 Å². The van der Waals surface area contributed by atoms with Crippen molar-refractivity contribution in [2.75, 3.05) is 6.61 Å². The molecule has 0 aliphatic carbocycles. The number of aromatic nitrogens is 2. The van der Waals surface area contributed by atoms with E-state index in [1.54, 1.807) is 0 Å². The first-order chi connectivity index (χ1) is 9.54. The molecule has 10 heteroatoms. The quantitative estimate of drug-likeness (QED) is 0.612. The molecule has 7 nitrogen and oxygen atoms in total. The number of ether oxygens (including phenoxy) is 1. The number of rotatable bonds is 5. The summed E-state index contributed by atoms with van der Waals surface area (Å²) in [6, 6.07) is 1.30. The topological polar surface area (TPSA) is 82.7 Å². The Hall–Kier alpha value is -0.150. The third kappa shape index (κ3) is 3.54. The maximum Gasteiger partial charge on any atom is 0.332 e. The Balaban J connectivity index is 2.10. The molecule has 1 aliphatic rings. The van der Waals surface area contributed by atoms with Crippen LogP contribution >= 0.6 is 25.4 Å². The predicted molar refractivity (Wildman–Crippen MR) is 82.8 cm³/mol. The molecule has 2 rings (SSSR count). The Kier molecular flexibility index (Phi) is 5.85. The van der Waals surface area contributed by atoms with Crippen LogP contribution in [-0.4, -0.2) is 33.1 Å². The third-order valence-electron chi connectivity index (χ3n) is 3.11. The minimum absolute atomic E-state index is 0.304. The molecule has 0 spiro atoms. The van der Waals surface area contributed by atoms with E-state index >= 15 is 0 Å². The number of hydrogen-bond donors (Lipinski definition) is 1. The van der Waals surface area contributed by atoms with Crippen LogP contribution < -0.4 is 11.2 Å². The molecular formula is C10H17N2O5P3. The molecule has 1 aliphatic heterocycles. The molecule has 0 aromatic carbocycles. The zero-order chi connectivity index (χ0) is 14.7. The van der Waals surface area contributed by atoms with Crippen molar-refractivity contribution in [3.8, 4) is 0 Å². The minimum Gasteiger partial charge on any atom is -0.390 e. The Morgan fingerprint density at radius 1 is 1.60 bits per heavy atom. The fourth-order valence-electron chi connectivity index (χ4n) is 2.01. The lowest BCUT2D eigenvalue weighted by molar-refractivity contribution is -0.0387. The van der Waals surface area contributed by atoms with E-state index in [1.165, 1.54) is 23.9 Å². The van der Waals surface area contributed by atoms with Crippen molar-refractivity contribution in [2.45, 2.75) is 24.9 Å². The summed E-state index contributed by atoms with van der Waals surface area (Å²) >= 11 is 0. The van der Waals surface area contributed by atoms with Crippen LogP contribution in [0.2, 0.25) is 0 Å². The Bertz CT molecular complexity index is 575. The molecule has 0 bridgehead atoms. The second-order valence-corrected chi connectivity index (χ2v) is 9.25. The SMILES string of the molecule is Cn1c(=O)ccn([C@H]2C[C@@H](O)[C@@H](COPPP)O2)c1=O. The highest BCUT2D eigenvalue weighted by atomic mass is 32.4. The first-order valence-electron chi connectivity index (χ1n) is 5.98. The van der Waals surface area contributed by atoms with Gasteiger partial charge < -0.3 is 14.4 Å². The van der Waals surface area contributed by atoms with Gasteiger partial charge >= 0.3 is 5.69 Å². The van der Waals surface area contributed by atoms with E-state index in [1.807, 2.05) is 0 Å². The fraction of sp³-hybridized carbons (Fsp3) is 0.600. The number of nitrogens with zero attached hydrogens (tertiary/aromatic N) is 2. The van der Waals surface area contributed by atoms with Gasteiger partial charge in [-0.1, -0.05) is 7.96 Å². The maximum absolute atomic E-state index is 12.0. The summed E-state index contributed by atoms with van der Waals surface area (Å²) in [5.41, 5.74) is -0.822. The zero-order valence-corrected chi connectivity index (χ0v) is 14.0. The second kappa shape index (κ2) is 7.22. The largest absolute Gasteiger partial charge is 0.390 e. The molecule has 2 heterocycles. The molecular weight excluding hydrogens is 321 g/mol. The second-order valence-electron chi connectivity index (χ2n) is 4.39. The van der Waals surface area contributed by atoms with Gasteiger partial charge in [0.15, 0.2) is 0 Å². The molecule has 6 atom stereocenters. The average molecular weight is 338 g/mol. The van der Waals surface area contributed by atoms with Crippen LogP contribution in [0, 0.1) is 0 Å². The Morgan fingerprint density at radius 3 is 3.05 bits per heavy atom. The van der Waals surface area contributed by atoms with Crippen LogP contribution in [0.3, 0.4) is 0 Å². The highest BCUT2D eigenvalue weighted by molar-refractivity contribution is 8.37. The number of aliphatic hydroxyl groups is 1. The maximum atomic E-state index is 12.0. The number of hydrogen-bond acceptors (Lipinski definition) is 5. The lowest BCUT2D eigenvalue weighted by Gasteiger charge is -2.16. The van der Waals surface area contributed by atoms with Crippen molar-refractivity contribution in [1.29, 1.82) is 0 Å². The van der Waals surface area contributed by atoms with Gasteiger partial charge in [0.25, 0.3) is 5.56 Å². The van der Waals surface area contributed by atoms with Crippen molar-refractivity contribution < 1.29 is 14.4 Å². The van der Waals surface area contributed by atoms with Gasteiger partial charge in [0, 0.05) is 34.2 Å². The molecule has 0 radical (unpaired) electrons. The molecule has 1 aromatic heterocycles. The van der Waals surface area contributed by atoms with Crippen molar-refractivity contribution in [3.05, 3.63) is 33.1 Å². The van der Waals surface area contributed by atoms with Crippen LogP contribution in [-0.2, 0) is 16.3 Å². The standard InChI is InChI=1S/C10H17N2O5P3/c1-11-8(14)2-3-12(10(11)15)9-4-6(13)7(17-9)5-16-19-20-18/h2-3,6-7,9,13,19-20H,4-5,18H2,1H3/t6-,7-,9-/m1/s1. The summed E-state index contributed by atoms with van der Waals surface area (Å²) in [4.78, 5) is 23.3. The van der Waals surface area contributed by atoms with E-state index in [2.05, 4.69) is 8.93 Å². The predicted octanol–water partition coefficient (Wildman–Crippen LogP) is 0.189. The summed E-state index contributed by atoms with van der Waals surface area (Å²) in [5.74, 6) is 0. The summed E-state index contributed by atoms with van der Waals surface area (Å²) < 4.78 is 13.4. The van der Waals surface area contributed by atoms with Gasteiger partial charge in [-0.15, -0.1) is 8.93 Å². The highest BCUT2D eigenvalue weighted by Gasteiger charge is 2.35. The number of aliphatic hydroxyl groups excluding tert-OH is 1. The van der Waals surface area contributed by atoms with E-state index in [0.29, 0.717) is 29.5 Å². The molecule has 1 fully saturated rings. The van der Waals surface area contributed by atoms with E-state index in [-0.39, 0.29) is 5.56 Å². The molecule has 0 saturated carbocycles. The van der Waals surface area contributed by atoms with Crippen LogP contribution in [0.25, 0.3) is 0 Å². The van der Waals surface area contributed by atoms with Gasteiger partial charge in [0.05, 0.1) is 12.7 Å². The van der Waals surface area contributed by atoms with Crippen LogP contribution in [0.4, 0.5) is 0 Å². The van der Waals surface area contributed by atoms with Gasteiger partial charge in [0.2, 0.25) is 0 Å².